The Morgan fingerprint density at radius 2 is 1.82 bits per heavy atom. The average molecular weight is 310 g/mol. The maximum absolute atomic E-state index is 12.9. The van der Waals surface area contributed by atoms with Gasteiger partial charge in [0.15, 0.2) is 13.1 Å². The molecule has 2 aromatic rings. The summed E-state index contributed by atoms with van der Waals surface area (Å²) in [7, 11) is 1.41. The highest BCUT2D eigenvalue weighted by atomic mass is 19.4. The number of carbonyl (C=O) groups excluding carboxylic acids is 1. The normalized spacial score (nSPS) is 11.3. The van der Waals surface area contributed by atoms with E-state index in [1.54, 1.807) is 18.2 Å². The van der Waals surface area contributed by atoms with Crippen molar-refractivity contribution >= 4 is 6.29 Å². The monoisotopic (exact) mass is 310 g/mol. The number of alkyl halides is 3. The quantitative estimate of drug-likeness (QED) is 0.614. The van der Waals surface area contributed by atoms with Crippen LogP contribution in [0.2, 0.25) is 0 Å². The summed E-state index contributed by atoms with van der Waals surface area (Å²) in [5, 5.41) is 0. The number of aldehydes is 1. The van der Waals surface area contributed by atoms with E-state index in [4.69, 9.17) is 9.47 Å². The van der Waals surface area contributed by atoms with E-state index in [0.717, 1.165) is 12.1 Å². The topological polar surface area (TPSA) is 35.5 Å². The molecule has 22 heavy (non-hydrogen) atoms. The van der Waals surface area contributed by atoms with Crippen LogP contribution in [0.5, 0.6) is 5.75 Å². The highest BCUT2D eigenvalue weighted by molar-refractivity contribution is 5.89. The van der Waals surface area contributed by atoms with E-state index in [1.165, 1.54) is 19.2 Å². The van der Waals surface area contributed by atoms with Crippen LogP contribution in [0, 0.1) is 0 Å². The Morgan fingerprint density at radius 3 is 2.45 bits per heavy atom. The summed E-state index contributed by atoms with van der Waals surface area (Å²) in [4.78, 5) is 11.1. The molecule has 0 amide bonds. The van der Waals surface area contributed by atoms with Crippen molar-refractivity contribution in [3.8, 4) is 16.9 Å². The summed E-state index contributed by atoms with van der Waals surface area (Å²) >= 11 is 0. The molecule has 0 N–H and O–H groups in total. The zero-order chi connectivity index (χ0) is 16.2. The molecule has 0 bridgehead atoms. The zero-order valence-corrected chi connectivity index (χ0v) is 11.7. The SMILES string of the molecule is COCOc1ccc(C(F)(F)F)cc1-c1ccccc1C=O. The number of hydrogen-bond acceptors (Lipinski definition) is 3. The fourth-order valence-corrected chi connectivity index (χ4v) is 2.01. The smallest absolute Gasteiger partial charge is 0.416 e. The molecule has 116 valence electrons. The third-order valence-electron chi connectivity index (χ3n) is 3.02. The standard InChI is InChI=1S/C16H13F3O3/c1-21-10-22-15-7-6-12(16(17,18)19)8-14(15)13-5-3-2-4-11(13)9-20/h2-9H,10H2,1H3. The van der Waals surface area contributed by atoms with Crippen molar-refractivity contribution < 1.29 is 27.4 Å². The Balaban J connectivity index is 2.61. The number of halogens is 3. The highest BCUT2D eigenvalue weighted by Crippen LogP contribution is 2.38. The molecule has 0 radical (unpaired) electrons. The Hall–Kier alpha value is -2.34. The molecular formula is C16H13F3O3. The molecule has 0 atom stereocenters. The lowest BCUT2D eigenvalue weighted by Crippen LogP contribution is -2.07. The number of rotatable bonds is 5. The first-order valence-corrected chi connectivity index (χ1v) is 6.35. The molecular weight excluding hydrogens is 297 g/mol. The summed E-state index contributed by atoms with van der Waals surface area (Å²) in [6, 6.07) is 9.49. The fraction of sp³-hybridized carbons (Fsp3) is 0.188. The van der Waals surface area contributed by atoms with Crippen LogP contribution in [0.3, 0.4) is 0 Å². The van der Waals surface area contributed by atoms with Gasteiger partial charge in [0.1, 0.15) is 5.75 Å². The Kier molecular flexibility index (Phi) is 4.82. The van der Waals surface area contributed by atoms with Crippen LogP contribution >= 0.6 is 0 Å². The minimum absolute atomic E-state index is 0.110. The average Bonchev–Trinajstić information content (AvgIpc) is 2.51. The largest absolute Gasteiger partial charge is 0.467 e. The molecule has 0 saturated heterocycles. The van der Waals surface area contributed by atoms with Gasteiger partial charge in [-0.05, 0) is 23.8 Å². The summed E-state index contributed by atoms with van der Waals surface area (Å²) in [5.41, 5.74) is 0.0290. The van der Waals surface area contributed by atoms with Gasteiger partial charge in [0, 0.05) is 18.2 Å². The lowest BCUT2D eigenvalue weighted by Gasteiger charge is -2.15. The van der Waals surface area contributed by atoms with Gasteiger partial charge in [0.25, 0.3) is 0 Å². The summed E-state index contributed by atoms with van der Waals surface area (Å²) in [5.74, 6) is 0.212. The molecule has 0 aliphatic heterocycles. The van der Waals surface area contributed by atoms with Crippen molar-refractivity contribution in [3.63, 3.8) is 0 Å². The number of ether oxygens (including phenoxy) is 2. The van der Waals surface area contributed by atoms with Crippen molar-refractivity contribution in [2.75, 3.05) is 13.9 Å². The van der Waals surface area contributed by atoms with E-state index < -0.39 is 11.7 Å². The summed E-state index contributed by atoms with van der Waals surface area (Å²) in [6.07, 6.45) is -3.89. The predicted octanol–water partition coefficient (Wildman–Crippen LogP) is 4.17. The summed E-state index contributed by atoms with van der Waals surface area (Å²) in [6.45, 7) is -0.110. The van der Waals surface area contributed by atoms with Crippen molar-refractivity contribution in [3.05, 3.63) is 53.6 Å². The molecule has 6 heteroatoms. The van der Waals surface area contributed by atoms with Crippen molar-refractivity contribution in [2.45, 2.75) is 6.18 Å². The van der Waals surface area contributed by atoms with Gasteiger partial charge in [0.05, 0.1) is 5.56 Å². The van der Waals surface area contributed by atoms with Crippen molar-refractivity contribution in [2.24, 2.45) is 0 Å². The van der Waals surface area contributed by atoms with Crippen molar-refractivity contribution in [1.29, 1.82) is 0 Å². The van der Waals surface area contributed by atoms with E-state index in [2.05, 4.69) is 0 Å². The van der Waals surface area contributed by atoms with Crippen LogP contribution in [-0.4, -0.2) is 20.2 Å². The first kappa shape index (κ1) is 16.0. The van der Waals surface area contributed by atoms with E-state index >= 15 is 0 Å². The lowest BCUT2D eigenvalue weighted by atomic mass is 9.97. The molecule has 0 heterocycles. The Labute approximate surface area is 125 Å². The molecule has 0 aliphatic carbocycles. The van der Waals surface area contributed by atoms with Crippen LogP contribution in [0.15, 0.2) is 42.5 Å². The van der Waals surface area contributed by atoms with Gasteiger partial charge in [-0.2, -0.15) is 13.2 Å². The maximum atomic E-state index is 12.9. The number of hydrogen-bond donors (Lipinski definition) is 0. The third kappa shape index (κ3) is 3.46. The lowest BCUT2D eigenvalue weighted by molar-refractivity contribution is -0.137. The second-order valence-corrected chi connectivity index (χ2v) is 4.46. The van der Waals surface area contributed by atoms with Crippen LogP contribution in [0.25, 0.3) is 11.1 Å². The predicted molar refractivity (Wildman–Crippen MR) is 74.8 cm³/mol. The number of methoxy groups -OCH3 is 1. The molecule has 0 aliphatic rings. The van der Waals surface area contributed by atoms with E-state index in [1.807, 2.05) is 0 Å². The van der Waals surface area contributed by atoms with Crippen molar-refractivity contribution in [1.82, 2.24) is 0 Å². The van der Waals surface area contributed by atoms with Gasteiger partial charge in [0.2, 0.25) is 0 Å². The molecule has 0 aromatic heterocycles. The van der Waals surface area contributed by atoms with Crippen LogP contribution < -0.4 is 4.74 Å². The first-order valence-electron chi connectivity index (χ1n) is 6.35. The van der Waals surface area contributed by atoms with Gasteiger partial charge in [-0.1, -0.05) is 24.3 Å². The third-order valence-corrected chi connectivity index (χ3v) is 3.02. The minimum Gasteiger partial charge on any atom is -0.467 e. The van der Waals surface area contributed by atoms with Gasteiger partial charge < -0.3 is 9.47 Å². The van der Waals surface area contributed by atoms with Crippen LogP contribution in [-0.2, 0) is 10.9 Å². The van der Waals surface area contributed by atoms with Gasteiger partial charge in [-0.15, -0.1) is 0 Å². The molecule has 0 spiro atoms. The van der Waals surface area contributed by atoms with Gasteiger partial charge >= 0.3 is 6.18 Å². The zero-order valence-electron chi connectivity index (χ0n) is 11.7. The minimum atomic E-state index is -4.48. The molecule has 0 saturated carbocycles. The highest BCUT2D eigenvalue weighted by Gasteiger charge is 2.31. The molecule has 3 nitrogen and oxygen atoms in total. The fourth-order valence-electron chi connectivity index (χ4n) is 2.01. The van der Waals surface area contributed by atoms with E-state index in [9.17, 15) is 18.0 Å². The molecule has 0 unspecified atom stereocenters. The maximum Gasteiger partial charge on any atom is 0.416 e. The second-order valence-electron chi connectivity index (χ2n) is 4.46. The summed E-state index contributed by atoms with van der Waals surface area (Å²) < 4.78 is 48.8. The second kappa shape index (κ2) is 6.62. The molecule has 2 aromatic carbocycles. The Morgan fingerprint density at radius 1 is 1.09 bits per heavy atom. The van der Waals surface area contributed by atoms with Crippen LogP contribution in [0.1, 0.15) is 15.9 Å². The number of carbonyl (C=O) groups is 1. The Bertz CT molecular complexity index is 666. The van der Waals surface area contributed by atoms with Gasteiger partial charge in [-0.25, -0.2) is 0 Å². The molecule has 0 fully saturated rings. The number of benzene rings is 2. The first-order chi connectivity index (χ1) is 10.5. The van der Waals surface area contributed by atoms with Crippen LogP contribution in [0.4, 0.5) is 13.2 Å². The van der Waals surface area contributed by atoms with E-state index in [0.29, 0.717) is 11.8 Å². The van der Waals surface area contributed by atoms with E-state index in [-0.39, 0.29) is 23.7 Å². The molecule has 2 rings (SSSR count). The van der Waals surface area contributed by atoms with Gasteiger partial charge in [-0.3, -0.25) is 4.79 Å².